The molecule has 2 atom stereocenters. The van der Waals surface area contributed by atoms with Crippen molar-refractivity contribution in [2.75, 3.05) is 20.3 Å². The summed E-state index contributed by atoms with van der Waals surface area (Å²) in [6.07, 6.45) is 4.37. The Labute approximate surface area is 156 Å². The Kier molecular flexibility index (Phi) is 5.04. The molecular weight excluding hydrogens is 353 g/mol. The Hall–Kier alpha value is -3.07. The van der Waals surface area contributed by atoms with E-state index < -0.39 is 17.3 Å². The van der Waals surface area contributed by atoms with Gasteiger partial charge in [-0.1, -0.05) is 0 Å². The molecule has 2 aliphatic rings. The maximum Gasteiger partial charge on any atom is 0.235 e. The number of carbonyl (C=O) groups is 1. The fraction of sp³-hybridized carbons (Fsp3) is 0.333. The summed E-state index contributed by atoms with van der Waals surface area (Å²) in [6, 6.07) is 4.19. The smallest absolute Gasteiger partial charge is 0.235 e. The molecule has 0 bridgehead atoms. The van der Waals surface area contributed by atoms with E-state index in [0.29, 0.717) is 18.8 Å². The molecule has 144 valence electrons. The maximum absolute atomic E-state index is 14.8. The summed E-state index contributed by atoms with van der Waals surface area (Å²) in [4.78, 5) is 14.0. The van der Waals surface area contributed by atoms with E-state index in [-0.39, 0.29) is 29.8 Å². The Morgan fingerprint density at radius 2 is 2.30 bits per heavy atom. The Balaban J connectivity index is 2.06. The molecule has 1 amide bonds. The average Bonchev–Trinajstić information content (AvgIpc) is 2.67. The van der Waals surface area contributed by atoms with Crippen LogP contribution in [0, 0.1) is 17.1 Å². The number of benzene rings is 1. The molecule has 0 spiro atoms. The van der Waals surface area contributed by atoms with E-state index in [9.17, 15) is 9.18 Å². The lowest BCUT2D eigenvalue weighted by Crippen LogP contribution is -2.68. The molecule has 6 N–H and O–H groups in total. The predicted octanol–water partition coefficient (Wildman–Crippen LogP) is 0.705. The monoisotopic (exact) mass is 375 g/mol. The molecule has 3 rings (SSSR count). The molecule has 0 aromatic heterocycles. The summed E-state index contributed by atoms with van der Waals surface area (Å²) in [5.74, 6) is -0.849. The number of halogens is 1. The molecule has 0 saturated carbocycles. The fourth-order valence-electron chi connectivity index (χ4n) is 3.47. The summed E-state index contributed by atoms with van der Waals surface area (Å²) >= 11 is 0. The lowest BCUT2D eigenvalue weighted by molar-refractivity contribution is -0.143. The second-order valence-electron chi connectivity index (χ2n) is 6.41. The van der Waals surface area contributed by atoms with Gasteiger partial charge in [-0.25, -0.2) is 4.39 Å². The van der Waals surface area contributed by atoms with Crippen LogP contribution in [0.25, 0.3) is 0 Å². The highest BCUT2D eigenvalue weighted by Crippen LogP contribution is 2.41. The topological polar surface area (TPSA) is 127 Å². The molecule has 0 unspecified atom stereocenters. The Morgan fingerprint density at radius 3 is 3.00 bits per heavy atom. The highest BCUT2D eigenvalue weighted by atomic mass is 19.1. The third-order valence-electron chi connectivity index (χ3n) is 4.86. The van der Waals surface area contributed by atoms with Crippen LogP contribution in [-0.2, 0) is 15.1 Å². The van der Waals surface area contributed by atoms with E-state index >= 15 is 0 Å². The second kappa shape index (κ2) is 7.28. The number of ether oxygens (including phenoxy) is 2. The first-order valence-corrected chi connectivity index (χ1v) is 8.43. The molecule has 2 fully saturated rings. The summed E-state index contributed by atoms with van der Waals surface area (Å²) < 4.78 is 26.0. The number of rotatable bonds is 4. The number of nitrogens with zero attached hydrogens (tertiary/aromatic N) is 1. The molecule has 8 nitrogen and oxygen atoms in total. The summed E-state index contributed by atoms with van der Waals surface area (Å²) in [7, 11) is 1.52. The Morgan fingerprint density at radius 1 is 1.52 bits per heavy atom. The molecule has 27 heavy (non-hydrogen) atoms. The van der Waals surface area contributed by atoms with Gasteiger partial charge in [0.15, 0.2) is 5.96 Å². The molecule has 9 heteroatoms. The third kappa shape index (κ3) is 3.21. The molecule has 1 aromatic rings. The summed E-state index contributed by atoms with van der Waals surface area (Å²) in [6.45, 7) is 0.447. The number of allylic oxidation sites excluding steroid dienone is 1. The maximum atomic E-state index is 14.8. The van der Waals surface area contributed by atoms with Crippen LogP contribution < -0.4 is 21.5 Å². The van der Waals surface area contributed by atoms with Gasteiger partial charge in [-0.15, -0.1) is 0 Å². The van der Waals surface area contributed by atoms with Crippen molar-refractivity contribution in [2.24, 2.45) is 17.4 Å². The summed E-state index contributed by atoms with van der Waals surface area (Å²) in [5.41, 5.74) is 9.86. The van der Waals surface area contributed by atoms with Crippen LogP contribution >= 0.6 is 0 Å². The number of nitrogens with one attached hydrogen (secondary N) is 2. The molecule has 1 aromatic carbocycles. The lowest BCUT2D eigenvalue weighted by Gasteiger charge is -2.49. The average molecular weight is 375 g/mol. The number of nitrogens with two attached hydrogens (primary N) is 2. The molecule has 2 aliphatic heterocycles. The zero-order valence-electron chi connectivity index (χ0n) is 14.9. The van der Waals surface area contributed by atoms with Gasteiger partial charge in [0.25, 0.3) is 0 Å². The van der Waals surface area contributed by atoms with Crippen LogP contribution in [0.1, 0.15) is 12.0 Å². The van der Waals surface area contributed by atoms with E-state index in [1.54, 1.807) is 0 Å². The zero-order valence-corrected chi connectivity index (χ0v) is 14.9. The van der Waals surface area contributed by atoms with Gasteiger partial charge in [0.05, 0.1) is 12.5 Å². The highest BCUT2D eigenvalue weighted by molar-refractivity contribution is 6.00. The second-order valence-corrected chi connectivity index (χ2v) is 6.41. The number of fused-ring (bicyclic) bond motifs is 1. The Bertz CT molecular complexity index is 825. The lowest BCUT2D eigenvalue weighted by atomic mass is 9.73. The number of hydrogen-bond donors (Lipinski definition) is 4. The van der Waals surface area contributed by atoms with Gasteiger partial charge in [0.2, 0.25) is 5.91 Å². The minimum Gasteiger partial charge on any atom is -0.456 e. The third-order valence-corrected chi connectivity index (χ3v) is 4.86. The van der Waals surface area contributed by atoms with Gasteiger partial charge in [-0.2, -0.15) is 0 Å². The van der Waals surface area contributed by atoms with Gasteiger partial charge in [-0.3, -0.25) is 15.1 Å². The van der Waals surface area contributed by atoms with Gasteiger partial charge >= 0.3 is 0 Å². The summed E-state index contributed by atoms with van der Waals surface area (Å²) in [5, 5.41) is 11.1. The van der Waals surface area contributed by atoms with Crippen LogP contribution in [0.15, 0.2) is 42.4 Å². The van der Waals surface area contributed by atoms with Gasteiger partial charge in [0, 0.05) is 25.4 Å². The first-order valence-electron chi connectivity index (χ1n) is 8.43. The minimum absolute atomic E-state index is 0.0578. The number of carbonyl (C=O) groups excluding carboxylic acids is 1. The van der Waals surface area contributed by atoms with E-state index in [1.807, 2.05) is 0 Å². The van der Waals surface area contributed by atoms with Crippen molar-refractivity contribution in [3.63, 3.8) is 0 Å². The zero-order chi connectivity index (χ0) is 19.6. The van der Waals surface area contributed by atoms with E-state index in [2.05, 4.69) is 5.32 Å². The first kappa shape index (κ1) is 18.7. The largest absolute Gasteiger partial charge is 0.456 e. The van der Waals surface area contributed by atoms with Crippen molar-refractivity contribution in [1.82, 2.24) is 10.2 Å². The number of guanidine groups is 1. The van der Waals surface area contributed by atoms with Crippen molar-refractivity contribution in [2.45, 2.75) is 12.0 Å². The number of hydrogen-bond acceptors (Lipinski definition) is 6. The normalized spacial score (nSPS) is 26.1. The quantitative estimate of drug-likeness (QED) is 0.453. The van der Waals surface area contributed by atoms with Crippen LogP contribution in [0.5, 0.6) is 5.75 Å². The minimum atomic E-state index is -1.18. The van der Waals surface area contributed by atoms with Crippen LogP contribution in [-0.4, -0.2) is 37.0 Å². The molecule has 0 radical (unpaired) electrons. The van der Waals surface area contributed by atoms with Gasteiger partial charge in [0.1, 0.15) is 22.9 Å². The van der Waals surface area contributed by atoms with Crippen molar-refractivity contribution in [1.29, 1.82) is 5.41 Å². The number of amides is 1. The van der Waals surface area contributed by atoms with Gasteiger partial charge < -0.3 is 26.3 Å². The molecular formula is C18H22FN5O3. The predicted molar refractivity (Wildman–Crippen MR) is 96.9 cm³/mol. The van der Waals surface area contributed by atoms with Crippen molar-refractivity contribution in [3.05, 3.63) is 53.8 Å². The standard InChI is InChI=1S/C18H22FN5O3/c1-24-16(25)13-5-7-26-10-18(13,23-17(24)22)14-8-11(2-3-15(14)19)27-12(9-21)4-6-20/h2-4,6,8-9,13H,5,7,10,20-21H2,1H3,(H2,22,23)/b6-4-,12-9+/t13-,18-/m0/s1. The molecule has 0 aliphatic carbocycles. The molecule has 2 heterocycles. The first-order chi connectivity index (χ1) is 12.9. The van der Waals surface area contributed by atoms with E-state index in [4.69, 9.17) is 26.4 Å². The van der Waals surface area contributed by atoms with E-state index in [1.165, 1.54) is 48.6 Å². The van der Waals surface area contributed by atoms with E-state index in [0.717, 1.165) is 0 Å². The van der Waals surface area contributed by atoms with Crippen molar-refractivity contribution in [3.8, 4) is 5.75 Å². The van der Waals surface area contributed by atoms with Crippen LogP contribution in [0.3, 0.4) is 0 Å². The fourth-order valence-corrected chi connectivity index (χ4v) is 3.47. The van der Waals surface area contributed by atoms with Crippen LogP contribution in [0.2, 0.25) is 0 Å². The SMILES string of the molecule is CN1C(=N)N[C@@]2(c3cc(OC(/C=C\N)=C/N)ccc3F)COCC[C@H]2C1=O. The van der Waals surface area contributed by atoms with Crippen molar-refractivity contribution >= 4 is 11.9 Å². The van der Waals surface area contributed by atoms with Crippen LogP contribution in [0.4, 0.5) is 4.39 Å². The van der Waals surface area contributed by atoms with Crippen molar-refractivity contribution < 1.29 is 18.7 Å². The molecule has 2 saturated heterocycles. The highest BCUT2D eigenvalue weighted by Gasteiger charge is 2.53. The van der Waals surface area contributed by atoms with Gasteiger partial charge in [-0.05, 0) is 36.9 Å².